The van der Waals surface area contributed by atoms with E-state index < -0.39 is 11.1 Å². The summed E-state index contributed by atoms with van der Waals surface area (Å²) in [4.78, 5) is 12.9. The van der Waals surface area contributed by atoms with Gasteiger partial charge >= 0.3 is 0 Å². The van der Waals surface area contributed by atoms with Gasteiger partial charge in [0.15, 0.2) is 0 Å². The van der Waals surface area contributed by atoms with E-state index in [1.54, 1.807) is 0 Å². The summed E-state index contributed by atoms with van der Waals surface area (Å²) >= 11 is -2.10. The molecule has 1 rings (SSSR count). The predicted octanol–water partition coefficient (Wildman–Crippen LogP) is -0.246. The Kier molecular flexibility index (Phi) is 2.56. The average Bonchev–Trinajstić information content (AvgIpc) is 1.93. The highest BCUT2D eigenvalue weighted by atomic mass is 32.2. The van der Waals surface area contributed by atoms with Gasteiger partial charge in [0, 0.05) is 18.0 Å². The van der Waals surface area contributed by atoms with E-state index in [1.165, 1.54) is 18.3 Å². The van der Waals surface area contributed by atoms with Crippen LogP contribution in [0.15, 0.2) is 23.1 Å². The molecule has 0 saturated heterocycles. The summed E-state index contributed by atoms with van der Waals surface area (Å²) in [6.45, 7) is 0. The van der Waals surface area contributed by atoms with Crippen molar-refractivity contribution in [3.05, 3.63) is 34.2 Å². The Morgan fingerprint density at radius 1 is 1.55 bits per heavy atom. The van der Waals surface area contributed by atoms with Crippen LogP contribution in [0, 0.1) is 0 Å². The Balaban J connectivity index is 2.82. The highest BCUT2D eigenvalue weighted by molar-refractivity contribution is 7.78. The van der Waals surface area contributed by atoms with Crippen LogP contribution < -0.4 is 5.56 Å². The topological polar surface area (TPSA) is 73.0 Å². The summed E-state index contributed by atoms with van der Waals surface area (Å²) in [6.07, 6.45) is 1.39. The quantitative estimate of drug-likeness (QED) is 0.625. The third-order valence-corrected chi connectivity index (χ3v) is 1.70. The molecule has 0 saturated carbocycles. The van der Waals surface area contributed by atoms with Crippen molar-refractivity contribution in [1.29, 1.82) is 0 Å². The predicted molar refractivity (Wildman–Crippen MR) is 39.7 cm³/mol. The van der Waals surface area contributed by atoms with Gasteiger partial charge in [-0.25, -0.2) is 0 Å². The maximum atomic E-state index is 10.5. The number of H-pyrrole nitrogens is 1. The zero-order chi connectivity index (χ0) is 8.27. The molecular formula is C6H6NO3S-. The zero-order valence-corrected chi connectivity index (χ0v) is 6.39. The molecule has 0 aromatic carbocycles. The number of aromatic nitrogens is 1. The van der Waals surface area contributed by atoms with Crippen molar-refractivity contribution in [2.24, 2.45) is 0 Å². The van der Waals surface area contributed by atoms with Gasteiger partial charge in [0.2, 0.25) is 5.56 Å². The molecule has 1 heterocycles. The smallest absolute Gasteiger partial charge is 0.247 e. The van der Waals surface area contributed by atoms with Crippen LogP contribution in [0.4, 0.5) is 0 Å². The van der Waals surface area contributed by atoms with Gasteiger partial charge in [-0.05, 0) is 5.56 Å². The van der Waals surface area contributed by atoms with Gasteiger partial charge in [0.1, 0.15) is 0 Å². The zero-order valence-electron chi connectivity index (χ0n) is 5.57. The lowest BCUT2D eigenvalue weighted by molar-refractivity contribution is 0.536. The fourth-order valence-electron chi connectivity index (χ4n) is 0.669. The van der Waals surface area contributed by atoms with Crippen LogP contribution in [0.1, 0.15) is 5.56 Å². The Morgan fingerprint density at radius 3 is 2.73 bits per heavy atom. The number of rotatable bonds is 2. The Hall–Kier alpha value is -0.940. The average molecular weight is 172 g/mol. The van der Waals surface area contributed by atoms with Crippen LogP contribution in [0.2, 0.25) is 0 Å². The third kappa shape index (κ3) is 2.65. The van der Waals surface area contributed by atoms with Crippen LogP contribution in [-0.4, -0.2) is 13.7 Å². The second-order valence-corrected chi connectivity index (χ2v) is 2.91. The summed E-state index contributed by atoms with van der Waals surface area (Å²) < 4.78 is 20.3. The first kappa shape index (κ1) is 8.16. The van der Waals surface area contributed by atoms with E-state index >= 15 is 0 Å². The van der Waals surface area contributed by atoms with E-state index in [9.17, 15) is 13.6 Å². The molecule has 11 heavy (non-hydrogen) atoms. The van der Waals surface area contributed by atoms with E-state index in [-0.39, 0.29) is 11.3 Å². The first-order chi connectivity index (χ1) is 5.18. The van der Waals surface area contributed by atoms with Gasteiger partial charge in [-0.15, -0.1) is 0 Å². The molecule has 0 spiro atoms. The standard InChI is InChI=1S/C6H7NO3S/c8-6-2-1-5(3-7-6)4-11(9)10/h1-3H,4H2,(H,7,8)(H,9,10)/p-1. The summed E-state index contributed by atoms with van der Waals surface area (Å²) in [7, 11) is 0. The van der Waals surface area contributed by atoms with Gasteiger partial charge in [0.05, 0.1) is 0 Å². The fourth-order valence-corrected chi connectivity index (χ4v) is 1.12. The molecule has 0 fully saturated rings. The summed E-state index contributed by atoms with van der Waals surface area (Å²) in [5.74, 6) is -0.0588. The molecule has 0 radical (unpaired) electrons. The van der Waals surface area contributed by atoms with Gasteiger partial charge in [-0.1, -0.05) is 17.1 Å². The minimum absolute atomic E-state index is 0.0588. The van der Waals surface area contributed by atoms with Gasteiger partial charge in [-0.3, -0.25) is 9.00 Å². The molecule has 1 atom stereocenters. The minimum atomic E-state index is -2.10. The van der Waals surface area contributed by atoms with Gasteiger partial charge in [0.25, 0.3) is 0 Å². The second kappa shape index (κ2) is 3.45. The molecule has 1 unspecified atom stereocenters. The molecule has 4 nitrogen and oxygen atoms in total. The lowest BCUT2D eigenvalue weighted by Crippen LogP contribution is -2.04. The van der Waals surface area contributed by atoms with Crippen LogP contribution in [-0.2, 0) is 16.8 Å². The summed E-state index contributed by atoms with van der Waals surface area (Å²) in [6, 6.07) is 2.77. The van der Waals surface area contributed by atoms with Crippen molar-refractivity contribution in [3.8, 4) is 0 Å². The molecule has 1 aromatic heterocycles. The molecular weight excluding hydrogens is 166 g/mol. The normalized spacial score (nSPS) is 12.8. The minimum Gasteiger partial charge on any atom is -0.772 e. The highest BCUT2D eigenvalue weighted by Gasteiger charge is 1.90. The van der Waals surface area contributed by atoms with Crippen molar-refractivity contribution in [2.45, 2.75) is 5.75 Å². The fraction of sp³-hybridized carbons (Fsp3) is 0.167. The number of hydrogen-bond acceptors (Lipinski definition) is 3. The third-order valence-electron chi connectivity index (χ3n) is 1.13. The molecule has 0 aliphatic heterocycles. The van der Waals surface area contributed by atoms with E-state index in [0.29, 0.717) is 5.56 Å². The monoisotopic (exact) mass is 172 g/mol. The molecule has 1 aromatic rings. The Morgan fingerprint density at radius 2 is 2.27 bits per heavy atom. The molecule has 5 heteroatoms. The lowest BCUT2D eigenvalue weighted by Gasteiger charge is -2.02. The maximum Gasteiger partial charge on any atom is 0.247 e. The number of aromatic amines is 1. The SMILES string of the molecule is O=c1ccc(CS(=O)[O-])c[nH]1. The molecule has 60 valence electrons. The number of hydrogen-bond donors (Lipinski definition) is 1. The molecule has 0 aliphatic carbocycles. The van der Waals surface area contributed by atoms with Crippen LogP contribution >= 0.6 is 0 Å². The molecule has 1 N–H and O–H groups in total. The first-order valence-corrected chi connectivity index (χ1v) is 4.16. The van der Waals surface area contributed by atoms with Crippen LogP contribution in [0.3, 0.4) is 0 Å². The molecule has 0 amide bonds. The molecule has 0 bridgehead atoms. The van der Waals surface area contributed by atoms with Gasteiger partial charge < -0.3 is 9.54 Å². The largest absolute Gasteiger partial charge is 0.772 e. The van der Waals surface area contributed by atoms with Crippen molar-refractivity contribution >= 4 is 11.1 Å². The second-order valence-electron chi connectivity index (χ2n) is 2.01. The molecule has 0 aliphatic rings. The van der Waals surface area contributed by atoms with Crippen LogP contribution in [0.5, 0.6) is 0 Å². The van der Waals surface area contributed by atoms with E-state index in [0.717, 1.165) is 0 Å². The Bertz CT molecular complexity index is 299. The van der Waals surface area contributed by atoms with Gasteiger partial charge in [-0.2, -0.15) is 0 Å². The van der Waals surface area contributed by atoms with Crippen molar-refractivity contribution < 1.29 is 8.76 Å². The highest BCUT2D eigenvalue weighted by Crippen LogP contribution is 1.95. The maximum absolute atomic E-state index is 10.5. The first-order valence-electron chi connectivity index (χ1n) is 2.92. The van der Waals surface area contributed by atoms with Crippen LogP contribution in [0.25, 0.3) is 0 Å². The van der Waals surface area contributed by atoms with Crippen molar-refractivity contribution in [3.63, 3.8) is 0 Å². The van der Waals surface area contributed by atoms with E-state index in [1.807, 2.05) is 0 Å². The van der Waals surface area contributed by atoms with E-state index in [4.69, 9.17) is 0 Å². The number of pyridine rings is 1. The van der Waals surface area contributed by atoms with E-state index in [2.05, 4.69) is 4.98 Å². The Labute approximate surface area is 65.6 Å². The van der Waals surface area contributed by atoms with Crippen molar-refractivity contribution in [1.82, 2.24) is 4.98 Å². The summed E-state index contributed by atoms with van der Waals surface area (Å²) in [5.41, 5.74) is 0.350. The van der Waals surface area contributed by atoms with Crippen molar-refractivity contribution in [2.75, 3.05) is 0 Å². The summed E-state index contributed by atoms with van der Waals surface area (Å²) in [5, 5.41) is 0. The lowest BCUT2D eigenvalue weighted by atomic mass is 10.3. The number of nitrogens with one attached hydrogen (secondary N) is 1.